The topological polar surface area (TPSA) is 64.3 Å². The van der Waals surface area contributed by atoms with E-state index in [2.05, 4.69) is 11.2 Å². The van der Waals surface area contributed by atoms with Crippen LogP contribution in [0.1, 0.15) is 18.1 Å². The molecule has 1 amide bonds. The van der Waals surface area contributed by atoms with E-state index in [0.717, 1.165) is 11.1 Å². The molecule has 1 unspecified atom stereocenters. The summed E-state index contributed by atoms with van der Waals surface area (Å²) in [5.41, 5.74) is 7.48. The molecule has 1 aromatic rings. The minimum absolute atomic E-state index is 0.198. The largest absolute Gasteiger partial charge is 0.480 e. The Morgan fingerprint density at radius 2 is 2.33 bits per heavy atom. The van der Waals surface area contributed by atoms with Crippen molar-refractivity contribution >= 4 is 5.91 Å². The van der Waals surface area contributed by atoms with Crippen LogP contribution in [0.2, 0.25) is 0 Å². The summed E-state index contributed by atoms with van der Waals surface area (Å²) in [7, 11) is 0. The van der Waals surface area contributed by atoms with Crippen LogP contribution in [0.3, 0.4) is 0 Å². The fourth-order valence-corrected chi connectivity index (χ4v) is 1.55. The van der Waals surface area contributed by atoms with Crippen molar-refractivity contribution in [3.63, 3.8) is 0 Å². The fraction of sp³-hybridized carbons (Fsp3) is 0.357. The smallest absolute Gasteiger partial charge is 0.261 e. The molecule has 0 saturated carbocycles. The molecule has 0 heterocycles. The van der Waals surface area contributed by atoms with Gasteiger partial charge in [-0.05, 0) is 19.4 Å². The van der Waals surface area contributed by atoms with Crippen LogP contribution in [0, 0.1) is 19.3 Å². The van der Waals surface area contributed by atoms with E-state index in [1.54, 1.807) is 6.92 Å². The zero-order chi connectivity index (χ0) is 13.5. The lowest BCUT2D eigenvalue weighted by atomic mass is 10.1. The molecule has 1 rings (SSSR count). The van der Waals surface area contributed by atoms with E-state index >= 15 is 0 Å². The van der Waals surface area contributed by atoms with Gasteiger partial charge in [-0.15, -0.1) is 6.42 Å². The summed E-state index contributed by atoms with van der Waals surface area (Å²) in [6, 6.07) is 5.71. The van der Waals surface area contributed by atoms with Gasteiger partial charge in [0.25, 0.3) is 5.91 Å². The second kappa shape index (κ2) is 6.67. The maximum absolute atomic E-state index is 11.7. The Morgan fingerprint density at radius 3 is 2.94 bits per heavy atom. The van der Waals surface area contributed by atoms with E-state index in [-0.39, 0.29) is 12.5 Å². The normalized spacial score (nSPS) is 11.4. The van der Waals surface area contributed by atoms with Gasteiger partial charge in [-0.25, -0.2) is 0 Å². The molecule has 0 radical (unpaired) electrons. The lowest BCUT2D eigenvalue weighted by Gasteiger charge is -2.18. The van der Waals surface area contributed by atoms with Crippen molar-refractivity contribution in [1.29, 1.82) is 0 Å². The summed E-state index contributed by atoms with van der Waals surface area (Å²) < 4.78 is 5.67. The minimum Gasteiger partial charge on any atom is -0.480 e. The van der Waals surface area contributed by atoms with Crippen LogP contribution in [0.25, 0.3) is 0 Å². The summed E-state index contributed by atoms with van der Waals surface area (Å²) in [5, 5.41) is 2.58. The molecule has 1 aromatic carbocycles. The molecule has 0 aliphatic heterocycles. The highest BCUT2D eigenvalue weighted by molar-refractivity contribution is 5.81. The molecule has 3 N–H and O–H groups in total. The van der Waals surface area contributed by atoms with E-state index in [1.807, 2.05) is 25.1 Å². The van der Waals surface area contributed by atoms with Crippen molar-refractivity contribution < 1.29 is 9.53 Å². The molecule has 96 valence electrons. The molecule has 4 heteroatoms. The lowest BCUT2D eigenvalue weighted by Crippen LogP contribution is -2.36. The van der Waals surface area contributed by atoms with Crippen molar-refractivity contribution in [2.75, 3.05) is 6.54 Å². The number of rotatable bonds is 5. The van der Waals surface area contributed by atoms with Gasteiger partial charge < -0.3 is 15.8 Å². The number of ether oxygens (including phenoxy) is 1. The minimum atomic E-state index is -0.607. The highest BCUT2D eigenvalue weighted by atomic mass is 16.5. The molecule has 0 fully saturated rings. The van der Waals surface area contributed by atoms with E-state index in [1.165, 1.54) is 0 Å². The molecule has 18 heavy (non-hydrogen) atoms. The maximum Gasteiger partial charge on any atom is 0.261 e. The lowest BCUT2D eigenvalue weighted by molar-refractivity contribution is -0.127. The van der Waals surface area contributed by atoms with Gasteiger partial charge in [-0.2, -0.15) is 0 Å². The number of carbonyl (C=O) groups is 1. The molecule has 4 nitrogen and oxygen atoms in total. The Morgan fingerprint density at radius 1 is 1.61 bits per heavy atom. The quantitative estimate of drug-likeness (QED) is 0.761. The predicted octanol–water partition coefficient (Wildman–Crippen LogP) is 0.970. The standard InChI is InChI=1S/C14H18N2O2/c1-4-8-16-14(17)11(3)18-13-10(2)6-5-7-12(13)9-15/h1,5-7,11H,8-9,15H2,2-3H3,(H,16,17). The Kier molecular flexibility index (Phi) is 5.22. The zero-order valence-corrected chi connectivity index (χ0v) is 10.7. The highest BCUT2D eigenvalue weighted by Gasteiger charge is 2.16. The summed E-state index contributed by atoms with van der Waals surface area (Å²) >= 11 is 0. The zero-order valence-electron chi connectivity index (χ0n) is 10.7. The Hall–Kier alpha value is -1.99. The first-order valence-corrected chi connectivity index (χ1v) is 5.76. The Bertz CT molecular complexity index is 463. The second-order valence-corrected chi connectivity index (χ2v) is 3.95. The Balaban J connectivity index is 2.78. The number of hydrogen-bond acceptors (Lipinski definition) is 3. The predicted molar refractivity (Wildman–Crippen MR) is 71.0 cm³/mol. The maximum atomic E-state index is 11.7. The van der Waals surface area contributed by atoms with Crippen LogP contribution >= 0.6 is 0 Å². The summed E-state index contributed by atoms with van der Waals surface area (Å²) in [4.78, 5) is 11.7. The van der Waals surface area contributed by atoms with Gasteiger partial charge >= 0.3 is 0 Å². The number of nitrogens with one attached hydrogen (secondary N) is 1. The van der Waals surface area contributed by atoms with Gasteiger partial charge in [-0.1, -0.05) is 24.1 Å². The van der Waals surface area contributed by atoms with Gasteiger partial charge in [0, 0.05) is 12.1 Å². The third-order valence-corrected chi connectivity index (χ3v) is 2.54. The molecule has 0 spiro atoms. The third kappa shape index (κ3) is 3.51. The molecule has 0 bridgehead atoms. The number of nitrogens with two attached hydrogens (primary N) is 1. The summed E-state index contributed by atoms with van der Waals surface area (Å²) in [5.74, 6) is 2.78. The number of hydrogen-bond donors (Lipinski definition) is 2. The first-order chi connectivity index (χ1) is 8.60. The van der Waals surface area contributed by atoms with Crippen LogP contribution < -0.4 is 15.8 Å². The van der Waals surface area contributed by atoms with E-state index in [0.29, 0.717) is 12.3 Å². The van der Waals surface area contributed by atoms with Gasteiger partial charge in [0.1, 0.15) is 5.75 Å². The number of amides is 1. The average Bonchev–Trinajstić information content (AvgIpc) is 2.38. The van der Waals surface area contributed by atoms with Crippen molar-refractivity contribution in [2.45, 2.75) is 26.5 Å². The molecule has 1 atom stereocenters. The number of aryl methyl sites for hydroxylation is 1. The number of benzene rings is 1. The summed E-state index contributed by atoms with van der Waals surface area (Å²) in [6.07, 6.45) is 4.47. The molecule has 0 saturated heterocycles. The monoisotopic (exact) mass is 246 g/mol. The molecule has 0 aliphatic rings. The van der Waals surface area contributed by atoms with Crippen LogP contribution in [0.5, 0.6) is 5.75 Å². The fourth-order valence-electron chi connectivity index (χ4n) is 1.55. The van der Waals surface area contributed by atoms with Crippen LogP contribution in [0.4, 0.5) is 0 Å². The third-order valence-electron chi connectivity index (χ3n) is 2.54. The van der Waals surface area contributed by atoms with Crippen LogP contribution in [-0.2, 0) is 11.3 Å². The Labute approximate surface area is 108 Å². The first-order valence-electron chi connectivity index (χ1n) is 5.76. The van der Waals surface area contributed by atoms with E-state index in [4.69, 9.17) is 16.9 Å². The van der Waals surface area contributed by atoms with E-state index < -0.39 is 6.10 Å². The van der Waals surface area contributed by atoms with Crippen molar-refractivity contribution in [2.24, 2.45) is 5.73 Å². The highest BCUT2D eigenvalue weighted by Crippen LogP contribution is 2.24. The van der Waals surface area contributed by atoms with Gasteiger partial charge in [0.15, 0.2) is 6.10 Å². The SMILES string of the molecule is C#CCNC(=O)C(C)Oc1c(C)cccc1CN. The molecule has 0 aliphatic carbocycles. The number of terminal acetylenes is 1. The second-order valence-electron chi connectivity index (χ2n) is 3.95. The van der Waals surface area contributed by atoms with Crippen molar-refractivity contribution in [3.8, 4) is 18.1 Å². The van der Waals surface area contributed by atoms with E-state index in [9.17, 15) is 4.79 Å². The van der Waals surface area contributed by atoms with Crippen LogP contribution in [0.15, 0.2) is 18.2 Å². The average molecular weight is 246 g/mol. The van der Waals surface area contributed by atoms with Gasteiger partial charge in [0.2, 0.25) is 0 Å². The number of para-hydroxylation sites is 1. The van der Waals surface area contributed by atoms with Crippen molar-refractivity contribution in [1.82, 2.24) is 5.32 Å². The molecular formula is C14H18N2O2. The van der Waals surface area contributed by atoms with Crippen LogP contribution in [-0.4, -0.2) is 18.6 Å². The number of carbonyl (C=O) groups excluding carboxylic acids is 1. The van der Waals surface area contributed by atoms with Gasteiger partial charge in [0.05, 0.1) is 6.54 Å². The van der Waals surface area contributed by atoms with Crippen molar-refractivity contribution in [3.05, 3.63) is 29.3 Å². The molecule has 0 aromatic heterocycles. The van der Waals surface area contributed by atoms with Gasteiger partial charge in [-0.3, -0.25) is 4.79 Å². The summed E-state index contributed by atoms with van der Waals surface area (Å²) in [6.45, 7) is 4.17. The molecular weight excluding hydrogens is 228 g/mol. The first kappa shape index (κ1) is 14.1.